The number of nitrogens with zero attached hydrogens (tertiary/aromatic N) is 1. The van der Waals surface area contributed by atoms with Gasteiger partial charge in [0.15, 0.2) is 0 Å². The van der Waals surface area contributed by atoms with E-state index in [-0.39, 0.29) is 18.6 Å². The van der Waals surface area contributed by atoms with Gasteiger partial charge in [0.25, 0.3) is 5.91 Å². The van der Waals surface area contributed by atoms with E-state index in [0.717, 1.165) is 30.4 Å². The quantitative estimate of drug-likeness (QED) is 0.858. The number of aliphatic hydroxyl groups excluding tert-OH is 1. The molecule has 0 aromatic heterocycles. The molecular weight excluding hydrogens is 330 g/mol. The van der Waals surface area contributed by atoms with Gasteiger partial charge in [0.1, 0.15) is 0 Å². The molecule has 26 heavy (non-hydrogen) atoms. The SMILES string of the molecule is COC(=O)c1ccccc1-c1cccc(C(=O)N2CCCC[C@H]2CO)c1. The average Bonchev–Trinajstić information content (AvgIpc) is 2.72. The zero-order valence-corrected chi connectivity index (χ0v) is 14.9. The van der Waals surface area contributed by atoms with E-state index in [1.807, 2.05) is 24.3 Å². The van der Waals surface area contributed by atoms with Crippen molar-refractivity contribution in [3.63, 3.8) is 0 Å². The van der Waals surface area contributed by atoms with Crippen molar-refractivity contribution >= 4 is 11.9 Å². The molecule has 1 aliphatic rings. The molecule has 1 saturated heterocycles. The molecule has 0 radical (unpaired) electrons. The normalized spacial score (nSPS) is 17.0. The maximum Gasteiger partial charge on any atom is 0.338 e. The molecule has 1 N–H and O–H groups in total. The summed E-state index contributed by atoms with van der Waals surface area (Å²) >= 11 is 0. The highest BCUT2D eigenvalue weighted by Gasteiger charge is 2.27. The lowest BCUT2D eigenvalue weighted by molar-refractivity contribution is 0.0503. The van der Waals surface area contributed by atoms with Gasteiger partial charge in [-0.3, -0.25) is 4.79 Å². The summed E-state index contributed by atoms with van der Waals surface area (Å²) in [7, 11) is 1.35. The fourth-order valence-electron chi connectivity index (χ4n) is 3.47. The van der Waals surface area contributed by atoms with Crippen molar-refractivity contribution in [2.75, 3.05) is 20.3 Å². The average molecular weight is 353 g/mol. The number of rotatable bonds is 4. The Morgan fingerprint density at radius 3 is 2.73 bits per heavy atom. The lowest BCUT2D eigenvalue weighted by atomic mass is 9.96. The number of amides is 1. The molecule has 1 aliphatic heterocycles. The molecule has 1 amide bonds. The van der Waals surface area contributed by atoms with E-state index in [1.54, 1.807) is 29.2 Å². The van der Waals surface area contributed by atoms with Crippen LogP contribution < -0.4 is 0 Å². The van der Waals surface area contributed by atoms with Crippen LogP contribution in [0.2, 0.25) is 0 Å². The topological polar surface area (TPSA) is 66.8 Å². The van der Waals surface area contributed by atoms with Gasteiger partial charge >= 0.3 is 5.97 Å². The van der Waals surface area contributed by atoms with E-state index < -0.39 is 5.97 Å². The van der Waals surface area contributed by atoms with Crippen LogP contribution in [0.1, 0.15) is 40.0 Å². The van der Waals surface area contributed by atoms with E-state index in [0.29, 0.717) is 17.7 Å². The van der Waals surface area contributed by atoms with Crippen molar-refractivity contribution in [3.8, 4) is 11.1 Å². The molecule has 0 unspecified atom stereocenters. The Morgan fingerprint density at radius 1 is 1.15 bits per heavy atom. The summed E-state index contributed by atoms with van der Waals surface area (Å²) in [6.45, 7) is 0.643. The fraction of sp³-hybridized carbons (Fsp3) is 0.333. The van der Waals surface area contributed by atoms with Gasteiger partial charge in [-0.2, -0.15) is 0 Å². The Morgan fingerprint density at radius 2 is 1.96 bits per heavy atom. The van der Waals surface area contributed by atoms with Crippen LogP contribution in [0.15, 0.2) is 48.5 Å². The Balaban J connectivity index is 1.94. The van der Waals surface area contributed by atoms with Crippen LogP contribution >= 0.6 is 0 Å². The van der Waals surface area contributed by atoms with Crippen LogP contribution in [0.4, 0.5) is 0 Å². The predicted molar refractivity (Wildman–Crippen MR) is 99.0 cm³/mol. The standard InChI is InChI=1S/C21H23NO4/c1-26-21(25)19-11-3-2-10-18(19)15-7-6-8-16(13-15)20(24)22-12-5-4-9-17(22)14-23/h2-3,6-8,10-11,13,17,23H,4-5,9,12,14H2,1H3/t17-/m0/s1. The predicted octanol–water partition coefficient (Wildman–Crippen LogP) is 3.13. The molecule has 0 bridgehead atoms. The molecule has 2 aromatic carbocycles. The first-order valence-electron chi connectivity index (χ1n) is 8.85. The van der Waals surface area contributed by atoms with E-state index in [1.165, 1.54) is 7.11 Å². The molecule has 136 valence electrons. The second-order valence-corrected chi connectivity index (χ2v) is 6.45. The molecule has 1 heterocycles. The number of ether oxygens (including phenoxy) is 1. The smallest absolute Gasteiger partial charge is 0.338 e. The second-order valence-electron chi connectivity index (χ2n) is 6.45. The minimum Gasteiger partial charge on any atom is -0.465 e. The molecule has 1 atom stereocenters. The maximum absolute atomic E-state index is 13.0. The van der Waals surface area contributed by atoms with Gasteiger partial charge in [-0.25, -0.2) is 4.79 Å². The first-order chi connectivity index (χ1) is 12.7. The molecule has 2 aromatic rings. The van der Waals surface area contributed by atoms with Crippen molar-refractivity contribution in [2.45, 2.75) is 25.3 Å². The first-order valence-corrected chi connectivity index (χ1v) is 8.85. The number of methoxy groups -OCH3 is 1. The van der Waals surface area contributed by atoms with Crippen LogP contribution in [0.5, 0.6) is 0 Å². The number of benzene rings is 2. The Bertz CT molecular complexity index is 802. The van der Waals surface area contributed by atoms with Crippen molar-refractivity contribution in [1.29, 1.82) is 0 Å². The molecule has 1 fully saturated rings. The minimum atomic E-state index is -0.409. The van der Waals surface area contributed by atoms with Gasteiger partial charge in [0.05, 0.1) is 25.3 Å². The molecule has 5 heteroatoms. The number of likely N-dealkylation sites (tertiary alicyclic amines) is 1. The summed E-state index contributed by atoms with van der Waals surface area (Å²) in [5.74, 6) is -0.491. The third-order valence-corrected chi connectivity index (χ3v) is 4.85. The maximum atomic E-state index is 13.0. The third-order valence-electron chi connectivity index (χ3n) is 4.85. The van der Waals surface area contributed by atoms with Gasteiger partial charge in [0.2, 0.25) is 0 Å². The van der Waals surface area contributed by atoms with Gasteiger partial charge < -0.3 is 14.7 Å². The highest BCUT2D eigenvalue weighted by molar-refractivity contribution is 5.99. The molecular formula is C21H23NO4. The zero-order valence-electron chi connectivity index (χ0n) is 14.9. The fourth-order valence-corrected chi connectivity index (χ4v) is 3.47. The van der Waals surface area contributed by atoms with Crippen molar-refractivity contribution in [1.82, 2.24) is 4.90 Å². The monoisotopic (exact) mass is 353 g/mol. The minimum absolute atomic E-state index is 0.0173. The summed E-state index contributed by atoms with van der Waals surface area (Å²) in [6.07, 6.45) is 2.81. The van der Waals surface area contributed by atoms with E-state index >= 15 is 0 Å². The third kappa shape index (κ3) is 3.63. The lowest BCUT2D eigenvalue weighted by Gasteiger charge is -2.34. The number of carbonyl (C=O) groups excluding carboxylic acids is 2. The molecule has 5 nitrogen and oxygen atoms in total. The van der Waals surface area contributed by atoms with Crippen LogP contribution in [-0.4, -0.2) is 48.2 Å². The lowest BCUT2D eigenvalue weighted by Crippen LogP contribution is -2.45. The Kier molecular flexibility index (Phi) is 5.68. The molecule has 0 saturated carbocycles. The van der Waals surface area contributed by atoms with E-state index in [9.17, 15) is 14.7 Å². The highest BCUT2D eigenvalue weighted by atomic mass is 16.5. The van der Waals surface area contributed by atoms with Crippen LogP contribution in [-0.2, 0) is 4.74 Å². The number of aliphatic hydroxyl groups is 1. The van der Waals surface area contributed by atoms with Crippen LogP contribution in [0.25, 0.3) is 11.1 Å². The zero-order chi connectivity index (χ0) is 18.5. The highest BCUT2D eigenvalue weighted by Crippen LogP contribution is 2.27. The molecule has 3 rings (SSSR count). The summed E-state index contributed by atoms with van der Waals surface area (Å²) in [5.41, 5.74) is 2.54. The van der Waals surface area contributed by atoms with E-state index in [4.69, 9.17) is 4.74 Å². The van der Waals surface area contributed by atoms with Gasteiger partial charge in [-0.1, -0.05) is 30.3 Å². The Hall–Kier alpha value is -2.66. The van der Waals surface area contributed by atoms with Gasteiger partial charge in [0, 0.05) is 12.1 Å². The van der Waals surface area contributed by atoms with Gasteiger partial charge in [-0.05, 0) is 48.6 Å². The number of hydrogen-bond donors (Lipinski definition) is 1. The summed E-state index contributed by atoms with van der Waals surface area (Å²) < 4.78 is 4.86. The number of esters is 1. The van der Waals surface area contributed by atoms with Crippen LogP contribution in [0.3, 0.4) is 0 Å². The molecule has 0 spiro atoms. The number of carbonyl (C=O) groups is 2. The molecule has 0 aliphatic carbocycles. The summed E-state index contributed by atoms with van der Waals surface area (Å²) in [5, 5.41) is 9.57. The van der Waals surface area contributed by atoms with Crippen LogP contribution in [0, 0.1) is 0 Å². The van der Waals surface area contributed by atoms with Gasteiger partial charge in [-0.15, -0.1) is 0 Å². The van der Waals surface area contributed by atoms with Crippen molar-refractivity contribution in [2.24, 2.45) is 0 Å². The van der Waals surface area contributed by atoms with Crippen molar-refractivity contribution in [3.05, 3.63) is 59.7 Å². The number of hydrogen-bond acceptors (Lipinski definition) is 4. The Labute approximate surface area is 153 Å². The van der Waals surface area contributed by atoms with Crippen molar-refractivity contribution < 1.29 is 19.4 Å². The van der Waals surface area contributed by atoms with E-state index in [2.05, 4.69) is 0 Å². The second kappa shape index (κ2) is 8.15. The number of piperidine rings is 1. The summed E-state index contributed by atoms with van der Waals surface area (Å²) in [6, 6.07) is 14.3. The largest absolute Gasteiger partial charge is 0.465 e. The first kappa shape index (κ1) is 18.1. The summed E-state index contributed by atoms with van der Waals surface area (Å²) in [4.78, 5) is 26.7.